The maximum atomic E-state index is 12.6. The third-order valence-electron chi connectivity index (χ3n) is 4.31. The van der Waals surface area contributed by atoms with Crippen molar-refractivity contribution < 1.29 is 4.79 Å². The summed E-state index contributed by atoms with van der Waals surface area (Å²) in [6.07, 6.45) is 1.97. The van der Waals surface area contributed by atoms with Crippen molar-refractivity contribution >= 4 is 18.3 Å². The minimum absolute atomic E-state index is 0. The fourth-order valence-electron chi connectivity index (χ4n) is 3.31. The molecule has 1 atom stereocenters. The third kappa shape index (κ3) is 3.17. The number of hydrogen-bond acceptors (Lipinski definition) is 1. The van der Waals surface area contributed by atoms with Gasteiger partial charge >= 0.3 is 0 Å². The Labute approximate surface area is 139 Å². The highest BCUT2D eigenvalue weighted by atomic mass is 35.5. The van der Waals surface area contributed by atoms with Crippen molar-refractivity contribution in [3.05, 3.63) is 71.8 Å². The molecular formula is C19H24ClNO. The van der Waals surface area contributed by atoms with Crippen molar-refractivity contribution in [1.29, 1.82) is 0 Å². The Morgan fingerprint density at radius 3 is 1.73 bits per heavy atom. The normalized spacial score (nSPS) is 12.3. The van der Waals surface area contributed by atoms with Crippen LogP contribution in [0.3, 0.4) is 0 Å². The number of amides is 1. The number of hydrogen-bond donors (Lipinski definition) is 1. The van der Waals surface area contributed by atoms with E-state index in [9.17, 15) is 4.79 Å². The second kappa shape index (κ2) is 8.00. The van der Waals surface area contributed by atoms with Crippen LogP contribution < -0.4 is 5.73 Å². The number of halogens is 1. The summed E-state index contributed by atoms with van der Waals surface area (Å²) < 4.78 is 0. The van der Waals surface area contributed by atoms with Crippen molar-refractivity contribution in [3.8, 4) is 0 Å². The molecule has 0 saturated carbocycles. The topological polar surface area (TPSA) is 43.1 Å². The Morgan fingerprint density at radius 2 is 1.41 bits per heavy atom. The van der Waals surface area contributed by atoms with Crippen LogP contribution in [0.5, 0.6) is 0 Å². The van der Waals surface area contributed by atoms with Crippen LogP contribution >= 0.6 is 12.4 Å². The van der Waals surface area contributed by atoms with Gasteiger partial charge in [0.25, 0.3) is 0 Å². The number of carbonyl (C=O) groups excluding carboxylic acids is 1. The molecule has 2 N–H and O–H groups in total. The Bertz CT molecular complexity index is 543. The van der Waals surface area contributed by atoms with Gasteiger partial charge in [0.15, 0.2) is 0 Å². The summed E-state index contributed by atoms with van der Waals surface area (Å²) in [6.45, 7) is 4.26. The molecule has 0 heterocycles. The van der Waals surface area contributed by atoms with Crippen LogP contribution in [0, 0.1) is 5.92 Å². The first-order valence-electron chi connectivity index (χ1n) is 7.55. The second-order valence-electron chi connectivity index (χ2n) is 5.59. The lowest BCUT2D eigenvalue weighted by Gasteiger charge is -2.37. The molecule has 118 valence electrons. The molecular weight excluding hydrogens is 294 g/mol. The van der Waals surface area contributed by atoms with Crippen molar-refractivity contribution in [2.45, 2.75) is 32.1 Å². The monoisotopic (exact) mass is 317 g/mol. The smallest absolute Gasteiger partial charge is 0.232 e. The van der Waals surface area contributed by atoms with Crippen LogP contribution in [0.4, 0.5) is 0 Å². The van der Waals surface area contributed by atoms with Crippen LogP contribution in [-0.2, 0) is 10.2 Å². The van der Waals surface area contributed by atoms with E-state index < -0.39 is 5.41 Å². The van der Waals surface area contributed by atoms with E-state index in [0.29, 0.717) is 0 Å². The minimum atomic E-state index is -0.765. The van der Waals surface area contributed by atoms with Crippen molar-refractivity contribution in [1.82, 2.24) is 0 Å². The molecule has 0 aliphatic heterocycles. The summed E-state index contributed by atoms with van der Waals surface area (Å²) in [7, 11) is 0. The highest BCUT2D eigenvalue weighted by Gasteiger charge is 2.44. The summed E-state index contributed by atoms with van der Waals surface area (Å²) in [5.74, 6) is -0.134. The third-order valence-corrected chi connectivity index (χ3v) is 4.31. The fourth-order valence-corrected chi connectivity index (χ4v) is 3.31. The van der Waals surface area contributed by atoms with Crippen LogP contribution in [0.1, 0.15) is 37.8 Å². The zero-order valence-electron chi connectivity index (χ0n) is 13.2. The zero-order valence-corrected chi connectivity index (χ0v) is 14.0. The Morgan fingerprint density at radius 1 is 1.00 bits per heavy atom. The molecule has 0 bridgehead atoms. The molecule has 0 radical (unpaired) electrons. The van der Waals surface area contributed by atoms with Gasteiger partial charge in [-0.2, -0.15) is 0 Å². The number of primary amides is 1. The lowest BCUT2D eigenvalue weighted by atomic mass is 9.64. The van der Waals surface area contributed by atoms with Gasteiger partial charge in [-0.15, -0.1) is 12.4 Å². The van der Waals surface area contributed by atoms with Crippen LogP contribution in [0.15, 0.2) is 60.7 Å². The molecule has 0 aliphatic carbocycles. The molecule has 0 saturated heterocycles. The van der Waals surface area contributed by atoms with E-state index in [-0.39, 0.29) is 24.2 Å². The summed E-state index contributed by atoms with van der Waals surface area (Å²) in [5.41, 5.74) is 7.12. The average Bonchev–Trinajstić information content (AvgIpc) is 2.50. The Balaban J connectivity index is 0.00000242. The average molecular weight is 318 g/mol. The maximum absolute atomic E-state index is 12.6. The maximum Gasteiger partial charge on any atom is 0.232 e. The molecule has 0 aliphatic rings. The van der Waals surface area contributed by atoms with Crippen LogP contribution in [0.2, 0.25) is 0 Å². The molecule has 0 aromatic heterocycles. The van der Waals surface area contributed by atoms with E-state index in [1.807, 2.05) is 60.7 Å². The van der Waals surface area contributed by atoms with Gasteiger partial charge in [0, 0.05) is 0 Å². The van der Waals surface area contributed by atoms with Gasteiger partial charge in [0.2, 0.25) is 5.91 Å². The van der Waals surface area contributed by atoms with E-state index in [0.717, 1.165) is 24.0 Å². The number of rotatable bonds is 6. The Hall–Kier alpha value is -1.80. The van der Waals surface area contributed by atoms with Gasteiger partial charge in [0.05, 0.1) is 0 Å². The molecule has 2 aromatic carbocycles. The van der Waals surface area contributed by atoms with Gasteiger partial charge in [0.1, 0.15) is 5.41 Å². The molecule has 0 fully saturated rings. The highest BCUT2D eigenvalue weighted by molar-refractivity contribution is 5.91. The van der Waals surface area contributed by atoms with Gasteiger partial charge < -0.3 is 5.73 Å². The number of benzene rings is 2. The molecule has 2 nitrogen and oxygen atoms in total. The van der Waals surface area contributed by atoms with Gasteiger partial charge in [-0.05, 0) is 23.5 Å². The SMILES string of the molecule is CCCC(C)C(C(N)=O)(c1ccccc1)c1ccccc1.Cl. The van der Waals surface area contributed by atoms with E-state index in [1.54, 1.807) is 0 Å². The highest BCUT2D eigenvalue weighted by Crippen LogP contribution is 2.41. The summed E-state index contributed by atoms with van der Waals surface area (Å²) in [4.78, 5) is 12.6. The lowest BCUT2D eigenvalue weighted by molar-refractivity contribution is -0.123. The van der Waals surface area contributed by atoms with Gasteiger partial charge in [-0.3, -0.25) is 4.79 Å². The van der Waals surface area contributed by atoms with Crippen molar-refractivity contribution in [2.75, 3.05) is 0 Å². The molecule has 1 unspecified atom stereocenters. The quantitative estimate of drug-likeness (QED) is 0.847. The predicted molar refractivity (Wildman–Crippen MR) is 94.2 cm³/mol. The molecule has 22 heavy (non-hydrogen) atoms. The standard InChI is InChI=1S/C19H23NO.ClH/c1-3-10-15(2)19(18(20)21,16-11-6-4-7-12-16)17-13-8-5-9-14-17;/h4-9,11-15H,3,10H2,1-2H3,(H2,20,21);1H. The summed E-state index contributed by atoms with van der Waals surface area (Å²) >= 11 is 0. The first-order valence-corrected chi connectivity index (χ1v) is 7.55. The fraction of sp³-hybridized carbons (Fsp3) is 0.316. The molecule has 0 spiro atoms. The molecule has 1 amide bonds. The first-order chi connectivity index (χ1) is 10.1. The predicted octanol–water partition coefficient (Wildman–Crippen LogP) is 4.32. The van der Waals surface area contributed by atoms with E-state index in [1.165, 1.54) is 0 Å². The summed E-state index contributed by atoms with van der Waals surface area (Å²) in [5, 5.41) is 0. The van der Waals surface area contributed by atoms with E-state index in [2.05, 4.69) is 13.8 Å². The van der Waals surface area contributed by atoms with Crippen LogP contribution in [-0.4, -0.2) is 5.91 Å². The Kier molecular flexibility index (Phi) is 6.63. The van der Waals surface area contributed by atoms with Gasteiger partial charge in [-0.1, -0.05) is 80.9 Å². The van der Waals surface area contributed by atoms with Gasteiger partial charge in [-0.25, -0.2) is 0 Å². The largest absolute Gasteiger partial charge is 0.369 e. The van der Waals surface area contributed by atoms with E-state index >= 15 is 0 Å². The number of nitrogens with two attached hydrogens (primary N) is 1. The zero-order chi connectivity index (χ0) is 15.3. The lowest BCUT2D eigenvalue weighted by Crippen LogP contribution is -2.47. The first kappa shape index (κ1) is 18.2. The minimum Gasteiger partial charge on any atom is -0.369 e. The van der Waals surface area contributed by atoms with Crippen molar-refractivity contribution in [2.24, 2.45) is 11.7 Å². The van der Waals surface area contributed by atoms with Crippen LogP contribution in [0.25, 0.3) is 0 Å². The van der Waals surface area contributed by atoms with Crippen molar-refractivity contribution in [3.63, 3.8) is 0 Å². The molecule has 2 rings (SSSR count). The van der Waals surface area contributed by atoms with E-state index in [4.69, 9.17) is 5.73 Å². The molecule has 2 aromatic rings. The number of carbonyl (C=O) groups is 1. The second-order valence-corrected chi connectivity index (χ2v) is 5.59. The molecule has 3 heteroatoms. The summed E-state index contributed by atoms with van der Waals surface area (Å²) in [6, 6.07) is 19.8.